The van der Waals surface area contributed by atoms with Gasteiger partial charge in [0, 0.05) is 4.88 Å². The van der Waals surface area contributed by atoms with E-state index in [2.05, 4.69) is 12.2 Å². The number of carbonyl (C=O) groups is 4. The second kappa shape index (κ2) is 9.91. The SMILES string of the molecule is CCOC(=O)c1c(NC(=O)COCC(C)(C)N2C(=O)c3ccccc3C2=O)sc2c1CCC(C)C2. The maximum atomic E-state index is 12.8. The molecule has 0 spiro atoms. The van der Waals surface area contributed by atoms with Crippen LogP contribution in [0.15, 0.2) is 24.3 Å². The van der Waals surface area contributed by atoms with E-state index in [1.165, 1.54) is 16.2 Å². The number of imide groups is 1. The van der Waals surface area contributed by atoms with Gasteiger partial charge in [0.05, 0.1) is 35.4 Å². The molecule has 186 valence electrons. The fraction of sp³-hybridized carbons (Fsp3) is 0.462. The summed E-state index contributed by atoms with van der Waals surface area (Å²) in [6.07, 6.45) is 2.63. The predicted molar refractivity (Wildman–Crippen MR) is 132 cm³/mol. The molecule has 0 bridgehead atoms. The number of rotatable bonds is 8. The Balaban J connectivity index is 1.41. The molecule has 1 aliphatic heterocycles. The van der Waals surface area contributed by atoms with Crippen molar-refractivity contribution in [3.63, 3.8) is 0 Å². The van der Waals surface area contributed by atoms with Crippen molar-refractivity contribution in [3.8, 4) is 0 Å². The number of amides is 3. The van der Waals surface area contributed by atoms with Crippen LogP contribution in [0.2, 0.25) is 0 Å². The normalized spacial score (nSPS) is 17.3. The summed E-state index contributed by atoms with van der Waals surface area (Å²) < 4.78 is 10.9. The summed E-state index contributed by atoms with van der Waals surface area (Å²) in [6, 6.07) is 6.69. The molecule has 9 heteroatoms. The van der Waals surface area contributed by atoms with Gasteiger partial charge in [-0.15, -0.1) is 11.3 Å². The standard InChI is InChI=1S/C26H30N2O6S/c1-5-34-25(32)21-18-11-10-15(2)12-19(18)35-22(21)27-20(29)13-33-14-26(3,4)28-23(30)16-8-6-7-9-17(16)24(28)31/h6-9,15H,5,10-14H2,1-4H3,(H,27,29). The topological polar surface area (TPSA) is 102 Å². The first-order valence-corrected chi connectivity index (χ1v) is 12.6. The van der Waals surface area contributed by atoms with E-state index in [-0.39, 0.29) is 31.6 Å². The Labute approximate surface area is 208 Å². The van der Waals surface area contributed by atoms with Gasteiger partial charge in [-0.1, -0.05) is 19.1 Å². The lowest BCUT2D eigenvalue weighted by atomic mass is 9.88. The Morgan fingerprint density at radius 2 is 1.83 bits per heavy atom. The van der Waals surface area contributed by atoms with E-state index in [9.17, 15) is 19.2 Å². The Bertz CT molecular complexity index is 1150. The Morgan fingerprint density at radius 1 is 1.17 bits per heavy atom. The first-order chi connectivity index (χ1) is 16.6. The second-order valence-corrected chi connectivity index (χ2v) is 10.7. The predicted octanol–water partition coefficient (Wildman–Crippen LogP) is 4.08. The molecule has 3 amide bonds. The van der Waals surface area contributed by atoms with Crippen LogP contribution in [0.1, 0.15) is 75.6 Å². The molecule has 8 nitrogen and oxygen atoms in total. The summed E-state index contributed by atoms with van der Waals surface area (Å²) >= 11 is 1.42. The highest BCUT2D eigenvalue weighted by atomic mass is 32.1. The van der Waals surface area contributed by atoms with Gasteiger partial charge in [-0.05, 0) is 63.6 Å². The number of nitrogens with one attached hydrogen (secondary N) is 1. The molecule has 1 N–H and O–H groups in total. The average Bonchev–Trinajstić information content (AvgIpc) is 3.28. The van der Waals surface area contributed by atoms with Gasteiger partial charge < -0.3 is 14.8 Å². The molecule has 4 rings (SSSR count). The smallest absolute Gasteiger partial charge is 0.341 e. The van der Waals surface area contributed by atoms with E-state index in [4.69, 9.17) is 9.47 Å². The zero-order valence-electron chi connectivity index (χ0n) is 20.4. The molecule has 2 aliphatic rings. The molecule has 1 unspecified atom stereocenters. The lowest BCUT2D eigenvalue weighted by Crippen LogP contribution is -2.50. The number of hydrogen-bond donors (Lipinski definition) is 1. The fourth-order valence-corrected chi connectivity index (χ4v) is 6.03. The number of esters is 1. The summed E-state index contributed by atoms with van der Waals surface area (Å²) in [5.74, 6) is -1.07. The van der Waals surface area contributed by atoms with Crippen LogP contribution in [0.3, 0.4) is 0 Å². The third-order valence-corrected chi connectivity index (χ3v) is 7.50. The highest BCUT2D eigenvalue weighted by molar-refractivity contribution is 7.17. The van der Waals surface area contributed by atoms with Crippen LogP contribution in [-0.2, 0) is 27.1 Å². The lowest BCUT2D eigenvalue weighted by Gasteiger charge is -2.33. The van der Waals surface area contributed by atoms with Crippen LogP contribution in [0.25, 0.3) is 0 Å². The van der Waals surface area contributed by atoms with Gasteiger partial charge in [-0.3, -0.25) is 19.3 Å². The molecular weight excluding hydrogens is 468 g/mol. The van der Waals surface area contributed by atoms with E-state index >= 15 is 0 Å². The molecule has 1 aliphatic carbocycles. The van der Waals surface area contributed by atoms with Crippen LogP contribution in [0, 0.1) is 5.92 Å². The van der Waals surface area contributed by atoms with Gasteiger partial charge >= 0.3 is 5.97 Å². The van der Waals surface area contributed by atoms with E-state index < -0.39 is 17.4 Å². The van der Waals surface area contributed by atoms with Crippen LogP contribution in [0.4, 0.5) is 5.00 Å². The summed E-state index contributed by atoms with van der Waals surface area (Å²) in [7, 11) is 0. The minimum Gasteiger partial charge on any atom is -0.462 e. The maximum absolute atomic E-state index is 12.8. The van der Waals surface area contributed by atoms with Gasteiger partial charge in [0.15, 0.2) is 0 Å². The van der Waals surface area contributed by atoms with Crippen molar-refractivity contribution in [2.75, 3.05) is 25.1 Å². The first kappa shape index (κ1) is 25.1. The lowest BCUT2D eigenvalue weighted by molar-refractivity contribution is -0.121. The number of carbonyl (C=O) groups excluding carboxylic acids is 4. The van der Waals surface area contributed by atoms with Crippen molar-refractivity contribution < 1.29 is 28.7 Å². The first-order valence-electron chi connectivity index (χ1n) is 11.8. The van der Waals surface area contributed by atoms with E-state index in [0.29, 0.717) is 27.6 Å². The summed E-state index contributed by atoms with van der Waals surface area (Å²) in [6.45, 7) is 7.32. The third kappa shape index (κ3) is 4.88. The van der Waals surface area contributed by atoms with Crippen molar-refractivity contribution in [2.24, 2.45) is 5.92 Å². The molecule has 1 aromatic carbocycles. The van der Waals surface area contributed by atoms with E-state index in [0.717, 1.165) is 29.7 Å². The van der Waals surface area contributed by atoms with Gasteiger partial charge in [0.25, 0.3) is 17.7 Å². The number of anilines is 1. The average molecular weight is 499 g/mol. The van der Waals surface area contributed by atoms with Crippen LogP contribution in [-0.4, -0.2) is 54.0 Å². The van der Waals surface area contributed by atoms with Crippen LogP contribution in [0.5, 0.6) is 0 Å². The zero-order chi connectivity index (χ0) is 25.3. The van der Waals surface area contributed by atoms with E-state index in [1.54, 1.807) is 45.0 Å². The van der Waals surface area contributed by atoms with Gasteiger partial charge in [-0.25, -0.2) is 4.79 Å². The minimum absolute atomic E-state index is 0.0188. The van der Waals surface area contributed by atoms with Gasteiger partial charge in [0.1, 0.15) is 11.6 Å². The number of ether oxygens (including phenoxy) is 2. The fourth-order valence-electron chi connectivity index (χ4n) is 4.62. The monoisotopic (exact) mass is 498 g/mol. The number of hydrogen-bond acceptors (Lipinski definition) is 7. The molecule has 0 radical (unpaired) electrons. The molecule has 1 aromatic heterocycles. The molecule has 35 heavy (non-hydrogen) atoms. The quantitative estimate of drug-likeness (QED) is 0.435. The Kier molecular flexibility index (Phi) is 7.10. The third-order valence-electron chi connectivity index (χ3n) is 6.33. The van der Waals surface area contributed by atoms with Crippen molar-refractivity contribution in [3.05, 3.63) is 51.4 Å². The second-order valence-electron chi connectivity index (χ2n) is 9.62. The number of benzene rings is 1. The molecule has 0 fully saturated rings. The molecule has 1 atom stereocenters. The summed E-state index contributed by atoms with van der Waals surface area (Å²) in [5, 5.41) is 3.30. The van der Waals surface area contributed by atoms with E-state index in [1.807, 2.05) is 0 Å². The Hall–Kier alpha value is -3.04. The molecule has 0 saturated heterocycles. The zero-order valence-corrected chi connectivity index (χ0v) is 21.3. The molecule has 2 aromatic rings. The summed E-state index contributed by atoms with van der Waals surface area (Å²) in [4.78, 5) is 53.2. The molecule has 2 heterocycles. The number of nitrogens with zero attached hydrogens (tertiary/aromatic N) is 1. The van der Waals surface area contributed by atoms with Crippen LogP contribution >= 0.6 is 11.3 Å². The largest absolute Gasteiger partial charge is 0.462 e. The Morgan fingerprint density at radius 3 is 2.46 bits per heavy atom. The van der Waals surface area contributed by atoms with Crippen molar-refractivity contribution >= 4 is 40.0 Å². The molecular formula is C26H30N2O6S. The highest BCUT2D eigenvalue weighted by Gasteiger charge is 2.44. The highest BCUT2D eigenvalue weighted by Crippen LogP contribution is 2.40. The van der Waals surface area contributed by atoms with Crippen LogP contribution < -0.4 is 5.32 Å². The number of thiophene rings is 1. The van der Waals surface area contributed by atoms with Crippen molar-refractivity contribution in [1.29, 1.82) is 0 Å². The van der Waals surface area contributed by atoms with Gasteiger partial charge in [0.2, 0.25) is 0 Å². The van der Waals surface area contributed by atoms with Crippen molar-refractivity contribution in [2.45, 2.75) is 52.5 Å². The number of fused-ring (bicyclic) bond motifs is 2. The molecule has 0 saturated carbocycles. The van der Waals surface area contributed by atoms with Crippen molar-refractivity contribution in [1.82, 2.24) is 4.90 Å². The summed E-state index contributed by atoms with van der Waals surface area (Å²) in [5.41, 5.74) is 1.19. The van der Waals surface area contributed by atoms with Gasteiger partial charge in [-0.2, -0.15) is 0 Å². The maximum Gasteiger partial charge on any atom is 0.341 e. The minimum atomic E-state index is -0.957.